The van der Waals surface area contributed by atoms with Crippen molar-refractivity contribution >= 4 is 7.32 Å². The van der Waals surface area contributed by atoms with Crippen molar-refractivity contribution in [3.8, 4) is 35.5 Å². The van der Waals surface area contributed by atoms with E-state index in [2.05, 4.69) is 55.3 Å². The van der Waals surface area contributed by atoms with Gasteiger partial charge in [0.2, 0.25) is 0 Å². The number of hydrogen-bond acceptors (Lipinski definition) is 3. The van der Waals surface area contributed by atoms with Crippen LogP contribution in [0.5, 0.6) is 0 Å². The first-order chi connectivity index (χ1) is 11.9. The fraction of sp³-hybridized carbons (Fsp3) is 0.429. The second-order valence-corrected chi connectivity index (χ2v) is 5.68. The van der Waals surface area contributed by atoms with Gasteiger partial charge < -0.3 is 14.0 Å². The number of rotatable bonds is 9. The first-order valence-corrected chi connectivity index (χ1v) is 8.07. The van der Waals surface area contributed by atoms with Crippen LogP contribution >= 0.6 is 0 Å². The third-order valence-electron chi connectivity index (χ3n) is 2.42. The smallest absolute Gasteiger partial charge is 0.375 e. The second kappa shape index (κ2) is 15.4. The van der Waals surface area contributed by atoms with Crippen LogP contribution in [-0.2, 0) is 14.0 Å². The Kier molecular flexibility index (Phi) is 14.1. The van der Waals surface area contributed by atoms with Gasteiger partial charge >= 0.3 is 7.32 Å². The quantitative estimate of drug-likeness (QED) is 0.362. The Morgan fingerprint density at radius 2 is 0.880 bits per heavy atom. The summed E-state index contributed by atoms with van der Waals surface area (Å²) in [5.74, 6) is 17.5. The van der Waals surface area contributed by atoms with Gasteiger partial charge in [0.1, 0.15) is 0 Å². The fourth-order valence-corrected chi connectivity index (χ4v) is 1.27. The van der Waals surface area contributed by atoms with E-state index in [9.17, 15) is 0 Å². The molecule has 0 heterocycles. The minimum absolute atomic E-state index is 0.205. The SMILES string of the molecule is C=C(C)CC#CCOB(OCC#CCC(=C)C)OCC#CCC(=C)C. The molecule has 0 amide bonds. The monoisotopic (exact) mass is 338 g/mol. The van der Waals surface area contributed by atoms with Crippen LogP contribution in [0.15, 0.2) is 36.5 Å². The van der Waals surface area contributed by atoms with E-state index in [-0.39, 0.29) is 19.8 Å². The third kappa shape index (κ3) is 18.0. The van der Waals surface area contributed by atoms with Gasteiger partial charge in [-0.1, -0.05) is 72.0 Å². The molecule has 0 unspecified atom stereocenters. The van der Waals surface area contributed by atoms with Crippen LogP contribution in [0.1, 0.15) is 40.0 Å². The van der Waals surface area contributed by atoms with Gasteiger partial charge in [-0.2, -0.15) is 0 Å². The molecule has 0 aromatic heterocycles. The number of allylic oxidation sites excluding steroid dienone is 3. The molecule has 0 N–H and O–H groups in total. The van der Waals surface area contributed by atoms with E-state index in [4.69, 9.17) is 14.0 Å². The summed E-state index contributed by atoms with van der Waals surface area (Å²) in [6.45, 7) is 17.8. The summed E-state index contributed by atoms with van der Waals surface area (Å²) in [6.07, 6.45) is 1.94. The lowest BCUT2D eigenvalue weighted by molar-refractivity contribution is 0.128. The Balaban J connectivity index is 4.35. The molecule has 3 nitrogen and oxygen atoms in total. The van der Waals surface area contributed by atoms with Crippen molar-refractivity contribution in [2.45, 2.75) is 40.0 Å². The van der Waals surface area contributed by atoms with Crippen LogP contribution in [0, 0.1) is 35.5 Å². The average molecular weight is 338 g/mol. The van der Waals surface area contributed by atoms with Gasteiger partial charge in [-0.05, 0) is 20.8 Å². The molecule has 4 heteroatoms. The van der Waals surface area contributed by atoms with Crippen LogP contribution in [0.2, 0.25) is 0 Å². The van der Waals surface area contributed by atoms with E-state index in [0.29, 0.717) is 19.3 Å². The van der Waals surface area contributed by atoms with Crippen LogP contribution in [0.25, 0.3) is 0 Å². The van der Waals surface area contributed by atoms with Gasteiger partial charge in [0.25, 0.3) is 0 Å². The van der Waals surface area contributed by atoms with Gasteiger partial charge in [-0.25, -0.2) is 0 Å². The van der Waals surface area contributed by atoms with Gasteiger partial charge in [-0.3, -0.25) is 0 Å². The summed E-state index contributed by atoms with van der Waals surface area (Å²) in [6, 6.07) is 0. The highest BCUT2D eigenvalue weighted by atomic mass is 16.7. The molecule has 0 saturated carbocycles. The lowest BCUT2D eigenvalue weighted by atomic mass is 10.2. The maximum atomic E-state index is 5.46. The van der Waals surface area contributed by atoms with Crippen molar-refractivity contribution in [3.05, 3.63) is 36.5 Å². The normalized spacial score (nSPS) is 8.76. The fourth-order valence-electron chi connectivity index (χ4n) is 1.27. The van der Waals surface area contributed by atoms with E-state index in [1.165, 1.54) is 0 Å². The maximum absolute atomic E-state index is 5.46. The first kappa shape index (κ1) is 22.8. The van der Waals surface area contributed by atoms with Crippen molar-refractivity contribution in [3.63, 3.8) is 0 Å². The van der Waals surface area contributed by atoms with Crippen molar-refractivity contribution in [1.82, 2.24) is 0 Å². The summed E-state index contributed by atoms with van der Waals surface area (Å²) in [7, 11) is -0.850. The van der Waals surface area contributed by atoms with Crippen LogP contribution < -0.4 is 0 Å². The second-order valence-electron chi connectivity index (χ2n) is 5.68. The molecule has 0 fully saturated rings. The van der Waals surface area contributed by atoms with E-state index in [1.54, 1.807) is 0 Å². The van der Waals surface area contributed by atoms with Gasteiger partial charge in [0, 0.05) is 19.3 Å². The van der Waals surface area contributed by atoms with Crippen LogP contribution in [0.4, 0.5) is 0 Å². The molecule has 0 radical (unpaired) electrons. The molecule has 0 saturated heterocycles. The highest BCUT2D eigenvalue weighted by Crippen LogP contribution is 1.96. The van der Waals surface area contributed by atoms with Crippen molar-refractivity contribution in [1.29, 1.82) is 0 Å². The zero-order valence-electron chi connectivity index (χ0n) is 15.7. The highest BCUT2D eigenvalue weighted by Gasteiger charge is 2.19. The predicted molar refractivity (Wildman–Crippen MR) is 105 cm³/mol. The number of hydrogen-bond donors (Lipinski definition) is 0. The Labute approximate surface area is 153 Å². The molecule has 0 aromatic carbocycles. The lowest BCUT2D eigenvalue weighted by Crippen LogP contribution is -2.28. The Morgan fingerprint density at radius 1 is 0.600 bits per heavy atom. The van der Waals surface area contributed by atoms with E-state index < -0.39 is 7.32 Å². The minimum atomic E-state index is -0.850. The summed E-state index contributed by atoms with van der Waals surface area (Å²) < 4.78 is 16.4. The molecule has 0 aliphatic heterocycles. The zero-order chi connectivity index (χ0) is 18.9. The largest absolute Gasteiger partial charge is 0.641 e. The summed E-state index contributed by atoms with van der Waals surface area (Å²) in [5.41, 5.74) is 3.03. The Bertz CT molecular complexity index is 539. The van der Waals surface area contributed by atoms with Crippen LogP contribution in [-0.4, -0.2) is 27.1 Å². The van der Waals surface area contributed by atoms with E-state index in [0.717, 1.165) is 16.7 Å². The third-order valence-corrected chi connectivity index (χ3v) is 2.42. The highest BCUT2D eigenvalue weighted by molar-refractivity contribution is 6.36. The van der Waals surface area contributed by atoms with E-state index in [1.807, 2.05) is 20.8 Å². The van der Waals surface area contributed by atoms with E-state index >= 15 is 0 Å². The standard InChI is InChI=1S/C21H27BO3/c1-19(2)13-7-10-16-23-22(24-17-11-8-14-20(3)4)25-18-12-9-15-21(5)6/h1,3,5,13-18H2,2,4,6H3. The molecule has 0 rings (SSSR count). The molecule has 0 spiro atoms. The molecule has 0 aliphatic rings. The zero-order valence-corrected chi connectivity index (χ0v) is 15.7. The topological polar surface area (TPSA) is 27.7 Å². The Morgan fingerprint density at radius 3 is 1.12 bits per heavy atom. The average Bonchev–Trinajstić information content (AvgIpc) is 2.52. The maximum Gasteiger partial charge on any atom is 0.641 e. The molecule has 132 valence electrons. The lowest BCUT2D eigenvalue weighted by Gasteiger charge is -2.09. The summed E-state index contributed by atoms with van der Waals surface area (Å²) >= 11 is 0. The van der Waals surface area contributed by atoms with Crippen molar-refractivity contribution in [2.24, 2.45) is 0 Å². The summed E-state index contributed by atoms with van der Waals surface area (Å²) in [4.78, 5) is 0. The van der Waals surface area contributed by atoms with Gasteiger partial charge in [0.15, 0.2) is 0 Å². The first-order valence-electron chi connectivity index (χ1n) is 8.07. The van der Waals surface area contributed by atoms with Crippen molar-refractivity contribution in [2.75, 3.05) is 19.8 Å². The van der Waals surface area contributed by atoms with Gasteiger partial charge in [0.05, 0.1) is 19.8 Å². The van der Waals surface area contributed by atoms with Crippen LogP contribution in [0.3, 0.4) is 0 Å². The Hall–Kier alpha value is -2.16. The predicted octanol–water partition coefficient (Wildman–Crippen LogP) is 3.93. The minimum Gasteiger partial charge on any atom is -0.375 e. The molecule has 25 heavy (non-hydrogen) atoms. The van der Waals surface area contributed by atoms with Gasteiger partial charge in [-0.15, -0.1) is 0 Å². The summed E-state index contributed by atoms with van der Waals surface area (Å²) in [5, 5.41) is 0. The molecular weight excluding hydrogens is 311 g/mol. The molecule has 0 aromatic rings. The molecule has 0 bridgehead atoms. The molecular formula is C21H27BO3. The van der Waals surface area contributed by atoms with Crippen molar-refractivity contribution < 1.29 is 14.0 Å². The molecule has 0 atom stereocenters. The molecule has 0 aliphatic carbocycles.